The first-order chi connectivity index (χ1) is 4.20. The van der Waals surface area contributed by atoms with Crippen LogP contribution in [0.25, 0.3) is 0 Å². The molecule has 0 radical (unpaired) electrons. The summed E-state index contributed by atoms with van der Waals surface area (Å²) in [5.41, 5.74) is -1.71. The molecule has 0 amide bonds. The van der Waals surface area contributed by atoms with Crippen molar-refractivity contribution in [3.63, 3.8) is 0 Å². The van der Waals surface area contributed by atoms with E-state index in [1.54, 1.807) is 4.98 Å². The van der Waals surface area contributed by atoms with E-state index in [1.807, 2.05) is 4.98 Å². The lowest BCUT2D eigenvalue weighted by molar-refractivity contribution is 0.597. The number of aromatic amines is 2. The molecule has 0 saturated heterocycles. The first-order valence-corrected chi connectivity index (χ1v) is 2.17. The zero-order valence-electron chi connectivity index (χ0n) is 4.68. The molecule has 0 spiro atoms. The summed E-state index contributed by atoms with van der Waals surface area (Å²) in [6.45, 7) is 0. The molecule has 10 heavy (non-hydrogen) atoms. The van der Waals surface area contributed by atoms with Crippen LogP contribution < -0.4 is 11.2 Å². The Labute approximate surface area is 64.9 Å². The fourth-order valence-electron chi connectivity index (χ4n) is 0.393. The van der Waals surface area contributed by atoms with Crippen LogP contribution in [0.1, 0.15) is 0 Å². The molecule has 56 valence electrons. The van der Waals surface area contributed by atoms with E-state index in [0.717, 1.165) is 0 Å². The van der Waals surface area contributed by atoms with Gasteiger partial charge in [0.1, 0.15) is 0 Å². The molecule has 1 aromatic heterocycles. The molecule has 1 aromatic rings. The van der Waals surface area contributed by atoms with Crippen molar-refractivity contribution >= 4 is 17.0 Å². The van der Waals surface area contributed by atoms with Crippen LogP contribution in [0.2, 0.25) is 0 Å². The van der Waals surface area contributed by atoms with Gasteiger partial charge in [-0.15, -0.1) is 17.0 Å². The van der Waals surface area contributed by atoms with E-state index in [2.05, 4.69) is 0 Å². The minimum absolute atomic E-state index is 0. The van der Waals surface area contributed by atoms with Gasteiger partial charge in [-0.3, -0.25) is 9.78 Å². The Hall–Kier alpha value is -0.910. The lowest BCUT2D eigenvalue weighted by Crippen LogP contribution is -2.23. The van der Waals surface area contributed by atoms with Gasteiger partial charge >= 0.3 is 5.69 Å². The quantitative estimate of drug-likeness (QED) is 0.622. The normalized spacial score (nSPS) is 8.50. The van der Waals surface area contributed by atoms with Crippen LogP contribution in [0.5, 0.6) is 0 Å². The summed E-state index contributed by atoms with van der Waals surface area (Å²) in [6, 6.07) is 0. The number of nitrogens with one attached hydrogen (secondary N) is 2. The topological polar surface area (TPSA) is 65.7 Å². The van der Waals surface area contributed by atoms with E-state index < -0.39 is 17.1 Å². The molecule has 0 atom stereocenters. The van der Waals surface area contributed by atoms with E-state index in [0.29, 0.717) is 6.20 Å². The summed E-state index contributed by atoms with van der Waals surface area (Å²) in [5.74, 6) is -0.991. The summed E-state index contributed by atoms with van der Waals surface area (Å²) >= 11 is 0. The van der Waals surface area contributed by atoms with Crippen molar-refractivity contribution < 1.29 is 4.39 Å². The molecule has 0 aliphatic carbocycles. The van der Waals surface area contributed by atoms with E-state index in [-0.39, 0.29) is 17.0 Å². The fraction of sp³-hybridized carbons (Fsp3) is 0. The Morgan fingerprint density at radius 1 is 1.40 bits per heavy atom. The Morgan fingerprint density at radius 2 is 2.00 bits per heavy atom. The van der Waals surface area contributed by atoms with E-state index >= 15 is 0 Å². The number of hydrogen-bond acceptors (Lipinski definition) is 2. The van der Waals surface area contributed by atoms with Crippen LogP contribution >= 0.6 is 17.0 Å². The first-order valence-electron chi connectivity index (χ1n) is 2.17. The molecule has 0 aromatic carbocycles. The molecule has 0 aliphatic heterocycles. The van der Waals surface area contributed by atoms with Crippen LogP contribution in [0.4, 0.5) is 4.39 Å². The molecule has 1 rings (SSSR count). The molecular weight excluding hydrogens is 207 g/mol. The van der Waals surface area contributed by atoms with Gasteiger partial charge in [0.2, 0.25) is 5.82 Å². The fourth-order valence-corrected chi connectivity index (χ4v) is 0.393. The second kappa shape index (κ2) is 3.31. The summed E-state index contributed by atoms with van der Waals surface area (Å²) in [6.07, 6.45) is 0.709. The maximum atomic E-state index is 12.0. The maximum Gasteiger partial charge on any atom is 0.325 e. The second-order valence-electron chi connectivity index (χ2n) is 1.42. The average molecular weight is 211 g/mol. The van der Waals surface area contributed by atoms with Gasteiger partial charge in [-0.05, 0) is 0 Å². The van der Waals surface area contributed by atoms with Gasteiger partial charge in [0, 0.05) is 6.20 Å². The lowest BCUT2D eigenvalue weighted by atomic mass is 10.6. The standard InChI is InChI=1S/C4H3FN2O2.BrH/c5-2-1-6-4(9)7-3(2)8;/h1H,(H2,6,7,8,9);1H. The SMILES string of the molecule is Br.O=c1[nH]cc(F)c(=O)[nH]1. The molecule has 0 fully saturated rings. The average Bonchev–Trinajstić information content (AvgIpc) is 1.80. The smallest absolute Gasteiger partial charge is 0.311 e. The molecule has 2 N–H and O–H groups in total. The molecule has 0 bridgehead atoms. The molecule has 0 saturated carbocycles. The third kappa shape index (κ3) is 1.80. The van der Waals surface area contributed by atoms with Crippen molar-refractivity contribution in [2.75, 3.05) is 0 Å². The monoisotopic (exact) mass is 210 g/mol. The highest BCUT2D eigenvalue weighted by Gasteiger charge is 1.93. The number of H-pyrrole nitrogens is 2. The van der Waals surface area contributed by atoms with Crippen LogP contribution in [0.3, 0.4) is 0 Å². The molecule has 0 aliphatic rings. The Kier molecular flexibility index (Phi) is 3.01. The van der Waals surface area contributed by atoms with Crippen LogP contribution in [-0.2, 0) is 0 Å². The number of aromatic nitrogens is 2. The third-order valence-electron chi connectivity index (χ3n) is 0.774. The van der Waals surface area contributed by atoms with Crippen molar-refractivity contribution in [3.8, 4) is 0 Å². The summed E-state index contributed by atoms with van der Waals surface area (Å²) < 4.78 is 12.0. The molecule has 6 heteroatoms. The Bertz CT molecular complexity index is 318. The van der Waals surface area contributed by atoms with Gasteiger partial charge in [-0.25, -0.2) is 4.79 Å². The maximum absolute atomic E-state index is 12.0. The zero-order valence-corrected chi connectivity index (χ0v) is 6.39. The summed E-state index contributed by atoms with van der Waals surface area (Å²) in [5, 5.41) is 0. The molecular formula is C4H4BrFN2O2. The van der Waals surface area contributed by atoms with E-state index in [4.69, 9.17) is 0 Å². The van der Waals surface area contributed by atoms with Gasteiger partial charge in [-0.1, -0.05) is 0 Å². The van der Waals surface area contributed by atoms with Gasteiger partial charge < -0.3 is 4.98 Å². The highest BCUT2D eigenvalue weighted by atomic mass is 79.9. The van der Waals surface area contributed by atoms with Crippen LogP contribution in [0.15, 0.2) is 15.8 Å². The van der Waals surface area contributed by atoms with Crippen LogP contribution in [-0.4, -0.2) is 9.97 Å². The van der Waals surface area contributed by atoms with Crippen LogP contribution in [0, 0.1) is 5.82 Å². The van der Waals surface area contributed by atoms with Crippen molar-refractivity contribution in [1.29, 1.82) is 0 Å². The Balaban J connectivity index is 0.000000810. The van der Waals surface area contributed by atoms with Gasteiger partial charge in [0.05, 0.1) is 0 Å². The first kappa shape index (κ1) is 9.09. The minimum atomic E-state index is -1.00. The predicted octanol–water partition coefficient (Wildman–Crippen LogP) is -0.220. The zero-order chi connectivity index (χ0) is 6.85. The molecule has 1 heterocycles. The number of rotatable bonds is 0. The van der Waals surface area contributed by atoms with Crippen molar-refractivity contribution in [2.45, 2.75) is 0 Å². The van der Waals surface area contributed by atoms with E-state index in [9.17, 15) is 14.0 Å². The Morgan fingerprint density at radius 3 is 2.40 bits per heavy atom. The predicted molar refractivity (Wildman–Crippen MR) is 38.0 cm³/mol. The molecule has 4 nitrogen and oxygen atoms in total. The highest BCUT2D eigenvalue weighted by molar-refractivity contribution is 8.93. The number of hydrogen-bond donors (Lipinski definition) is 2. The minimum Gasteiger partial charge on any atom is -0.311 e. The summed E-state index contributed by atoms with van der Waals surface area (Å²) in [4.78, 5) is 24.0. The van der Waals surface area contributed by atoms with Crippen molar-refractivity contribution in [3.05, 3.63) is 32.9 Å². The van der Waals surface area contributed by atoms with E-state index in [1.165, 1.54) is 0 Å². The lowest BCUT2D eigenvalue weighted by Gasteiger charge is -1.81. The van der Waals surface area contributed by atoms with Gasteiger partial charge in [-0.2, -0.15) is 4.39 Å². The van der Waals surface area contributed by atoms with Gasteiger partial charge in [0.25, 0.3) is 5.56 Å². The second-order valence-corrected chi connectivity index (χ2v) is 1.42. The highest BCUT2D eigenvalue weighted by Crippen LogP contribution is 1.74. The molecule has 0 unspecified atom stereocenters. The van der Waals surface area contributed by atoms with Crippen molar-refractivity contribution in [2.24, 2.45) is 0 Å². The largest absolute Gasteiger partial charge is 0.325 e. The summed E-state index contributed by atoms with van der Waals surface area (Å²) in [7, 11) is 0. The van der Waals surface area contributed by atoms with Crippen molar-refractivity contribution in [1.82, 2.24) is 9.97 Å². The third-order valence-corrected chi connectivity index (χ3v) is 0.774. The van der Waals surface area contributed by atoms with Gasteiger partial charge in [0.15, 0.2) is 0 Å². The number of halogens is 2.